The molecule has 3 rings (SSSR count). The maximum Gasteiger partial charge on any atom is 0.229 e. The third-order valence-electron chi connectivity index (χ3n) is 3.14. The molecule has 0 amide bonds. The Labute approximate surface area is 120 Å². The molecule has 21 heavy (non-hydrogen) atoms. The highest BCUT2D eigenvalue weighted by molar-refractivity contribution is 5.81. The van der Waals surface area contributed by atoms with Gasteiger partial charge in [0.2, 0.25) is 5.89 Å². The van der Waals surface area contributed by atoms with Crippen molar-refractivity contribution in [1.82, 2.24) is 4.98 Å². The van der Waals surface area contributed by atoms with Gasteiger partial charge in [-0.3, -0.25) is 0 Å². The highest BCUT2D eigenvalue weighted by Gasteiger charge is 2.16. The third kappa shape index (κ3) is 2.24. The Morgan fingerprint density at radius 1 is 1.10 bits per heavy atom. The van der Waals surface area contributed by atoms with E-state index >= 15 is 0 Å². The zero-order chi connectivity index (χ0) is 15.0. The van der Waals surface area contributed by atoms with E-state index in [0.717, 1.165) is 0 Å². The topological polar surface area (TPSA) is 70.5 Å². The second-order valence-electron chi connectivity index (χ2n) is 4.43. The molecule has 2 N–H and O–H groups in total. The van der Waals surface area contributed by atoms with E-state index < -0.39 is 0 Å². The van der Waals surface area contributed by atoms with Gasteiger partial charge in [-0.25, -0.2) is 9.37 Å². The van der Waals surface area contributed by atoms with Crippen molar-refractivity contribution in [3.63, 3.8) is 0 Å². The van der Waals surface area contributed by atoms with Gasteiger partial charge >= 0.3 is 0 Å². The van der Waals surface area contributed by atoms with Gasteiger partial charge in [-0.05, 0) is 18.2 Å². The van der Waals surface area contributed by atoms with E-state index in [9.17, 15) is 4.39 Å². The average molecular weight is 288 g/mol. The number of anilines is 1. The summed E-state index contributed by atoms with van der Waals surface area (Å²) >= 11 is 0. The minimum absolute atomic E-state index is 0.300. The SMILES string of the molecule is COc1cc(N)c(-c2nc3cc(F)ccc3o2)cc1OC. The summed E-state index contributed by atoms with van der Waals surface area (Å²) in [6, 6.07) is 7.45. The van der Waals surface area contributed by atoms with Crippen molar-refractivity contribution in [3.8, 4) is 23.0 Å². The number of hydrogen-bond acceptors (Lipinski definition) is 5. The Hall–Kier alpha value is -2.76. The van der Waals surface area contributed by atoms with Crippen LogP contribution in [0, 0.1) is 5.82 Å². The zero-order valence-electron chi connectivity index (χ0n) is 11.5. The third-order valence-corrected chi connectivity index (χ3v) is 3.14. The number of nitrogens with two attached hydrogens (primary N) is 1. The lowest BCUT2D eigenvalue weighted by molar-refractivity contribution is 0.355. The molecule has 0 radical (unpaired) electrons. The molecule has 0 bridgehead atoms. The smallest absolute Gasteiger partial charge is 0.229 e. The first-order valence-corrected chi connectivity index (χ1v) is 6.20. The normalized spacial score (nSPS) is 10.8. The van der Waals surface area contributed by atoms with Gasteiger partial charge in [0.15, 0.2) is 17.1 Å². The number of nitrogen functional groups attached to an aromatic ring is 1. The average Bonchev–Trinajstić information content (AvgIpc) is 2.89. The summed E-state index contributed by atoms with van der Waals surface area (Å²) < 4.78 is 29.2. The van der Waals surface area contributed by atoms with E-state index in [4.69, 9.17) is 19.6 Å². The van der Waals surface area contributed by atoms with Crippen LogP contribution in [0.25, 0.3) is 22.6 Å². The molecule has 0 aliphatic heterocycles. The molecule has 0 atom stereocenters. The van der Waals surface area contributed by atoms with Crippen molar-refractivity contribution < 1.29 is 18.3 Å². The summed E-state index contributed by atoms with van der Waals surface area (Å²) in [4.78, 5) is 4.25. The van der Waals surface area contributed by atoms with Gasteiger partial charge in [0.25, 0.3) is 0 Å². The van der Waals surface area contributed by atoms with Crippen molar-refractivity contribution in [2.45, 2.75) is 0 Å². The number of aromatic nitrogens is 1. The number of benzene rings is 2. The van der Waals surface area contributed by atoms with Gasteiger partial charge < -0.3 is 19.6 Å². The van der Waals surface area contributed by atoms with Gasteiger partial charge in [-0.1, -0.05) is 0 Å². The Bertz CT molecular complexity index is 814. The largest absolute Gasteiger partial charge is 0.493 e. The van der Waals surface area contributed by atoms with Crippen molar-refractivity contribution in [3.05, 3.63) is 36.1 Å². The lowest BCUT2D eigenvalue weighted by Gasteiger charge is -2.10. The molecule has 0 spiro atoms. The summed E-state index contributed by atoms with van der Waals surface area (Å²) in [5, 5.41) is 0. The predicted octanol–water partition coefficient (Wildman–Crippen LogP) is 3.23. The molecule has 0 fully saturated rings. The van der Waals surface area contributed by atoms with Gasteiger partial charge in [0, 0.05) is 17.8 Å². The van der Waals surface area contributed by atoms with Gasteiger partial charge in [-0.15, -0.1) is 0 Å². The van der Waals surface area contributed by atoms with E-state index in [1.165, 1.54) is 32.4 Å². The van der Waals surface area contributed by atoms with Gasteiger partial charge in [-0.2, -0.15) is 0 Å². The highest BCUT2D eigenvalue weighted by atomic mass is 19.1. The van der Waals surface area contributed by atoms with E-state index in [0.29, 0.717) is 39.7 Å². The summed E-state index contributed by atoms with van der Waals surface area (Å²) in [7, 11) is 3.05. The predicted molar refractivity (Wildman–Crippen MR) is 76.9 cm³/mol. The number of fused-ring (bicyclic) bond motifs is 1. The molecule has 0 aliphatic rings. The molecule has 6 heteroatoms. The minimum Gasteiger partial charge on any atom is -0.493 e. The monoisotopic (exact) mass is 288 g/mol. The second kappa shape index (κ2) is 4.97. The standard InChI is InChI=1S/C15H13FN2O3/c1-19-13-6-9(10(17)7-14(13)20-2)15-18-11-5-8(16)3-4-12(11)21-15/h3-7H,17H2,1-2H3. The summed E-state index contributed by atoms with van der Waals surface area (Å²) in [5.41, 5.74) is 7.90. The molecule has 0 aliphatic carbocycles. The summed E-state index contributed by atoms with van der Waals surface area (Å²) in [6.45, 7) is 0. The van der Waals surface area contributed by atoms with Crippen LogP contribution in [-0.2, 0) is 0 Å². The maximum absolute atomic E-state index is 13.2. The minimum atomic E-state index is -0.373. The first kappa shape index (κ1) is 13.2. The fraction of sp³-hybridized carbons (Fsp3) is 0.133. The fourth-order valence-electron chi connectivity index (χ4n) is 2.10. The second-order valence-corrected chi connectivity index (χ2v) is 4.43. The molecule has 3 aromatic rings. The van der Waals surface area contributed by atoms with Crippen molar-refractivity contribution in [2.24, 2.45) is 0 Å². The lowest BCUT2D eigenvalue weighted by atomic mass is 10.1. The summed E-state index contributed by atoms with van der Waals surface area (Å²) in [5.74, 6) is 0.952. The Balaban J connectivity index is 2.17. The molecule has 5 nitrogen and oxygen atoms in total. The number of rotatable bonds is 3. The van der Waals surface area contributed by atoms with Crippen LogP contribution in [-0.4, -0.2) is 19.2 Å². The van der Waals surface area contributed by atoms with Crippen LogP contribution >= 0.6 is 0 Å². The Kier molecular flexibility index (Phi) is 3.13. The molecule has 1 aromatic heterocycles. The van der Waals surface area contributed by atoms with Crippen LogP contribution in [0.1, 0.15) is 0 Å². The molecule has 0 saturated carbocycles. The summed E-state index contributed by atoms with van der Waals surface area (Å²) in [6.07, 6.45) is 0. The number of oxazole rings is 1. The molecular formula is C15H13FN2O3. The highest BCUT2D eigenvalue weighted by Crippen LogP contribution is 2.37. The molecule has 0 unspecified atom stereocenters. The first-order valence-electron chi connectivity index (χ1n) is 6.20. The van der Waals surface area contributed by atoms with Crippen LogP contribution in [0.2, 0.25) is 0 Å². The van der Waals surface area contributed by atoms with E-state index in [1.54, 1.807) is 12.1 Å². The van der Waals surface area contributed by atoms with E-state index in [1.807, 2.05) is 0 Å². The lowest BCUT2D eigenvalue weighted by Crippen LogP contribution is -1.96. The van der Waals surface area contributed by atoms with Gasteiger partial charge in [0.1, 0.15) is 11.3 Å². The number of hydrogen-bond donors (Lipinski definition) is 1. The molecule has 0 saturated heterocycles. The van der Waals surface area contributed by atoms with E-state index in [-0.39, 0.29) is 5.82 Å². The Morgan fingerprint density at radius 2 is 1.81 bits per heavy atom. The molecule has 1 heterocycles. The van der Waals surface area contributed by atoms with Crippen molar-refractivity contribution >= 4 is 16.8 Å². The number of nitrogens with zero attached hydrogens (tertiary/aromatic N) is 1. The van der Waals surface area contributed by atoms with Crippen LogP contribution in [0.15, 0.2) is 34.7 Å². The van der Waals surface area contributed by atoms with Gasteiger partial charge in [0.05, 0.1) is 19.8 Å². The zero-order valence-corrected chi connectivity index (χ0v) is 11.5. The maximum atomic E-state index is 13.2. The van der Waals surface area contributed by atoms with Crippen LogP contribution in [0.5, 0.6) is 11.5 Å². The van der Waals surface area contributed by atoms with Crippen LogP contribution in [0.3, 0.4) is 0 Å². The fourth-order valence-corrected chi connectivity index (χ4v) is 2.10. The number of halogens is 1. The Morgan fingerprint density at radius 3 is 2.52 bits per heavy atom. The quantitative estimate of drug-likeness (QED) is 0.749. The van der Waals surface area contributed by atoms with Crippen molar-refractivity contribution in [2.75, 3.05) is 20.0 Å². The molecular weight excluding hydrogens is 275 g/mol. The van der Waals surface area contributed by atoms with E-state index in [2.05, 4.69) is 4.98 Å². The van der Waals surface area contributed by atoms with Crippen LogP contribution < -0.4 is 15.2 Å². The number of ether oxygens (including phenoxy) is 2. The molecule has 2 aromatic carbocycles. The number of methoxy groups -OCH3 is 2. The molecule has 108 valence electrons. The first-order chi connectivity index (χ1) is 10.1. The van der Waals surface area contributed by atoms with Crippen LogP contribution in [0.4, 0.5) is 10.1 Å². The van der Waals surface area contributed by atoms with Crippen molar-refractivity contribution in [1.29, 1.82) is 0 Å².